The highest BCUT2D eigenvalue weighted by atomic mass is 16.5. The number of rotatable bonds is 2. The molecule has 0 aliphatic heterocycles. The van der Waals surface area contributed by atoms with Crippen molar-refractivity contribution in [1.29, 1.82) is 0 Å². The molecule has 0 amide bonds. The summed E-state index contributed by atoms with van der Waals surface area (Å²) in [5.41, 5.74) is 2.83. The number of pyridine rings is 2. The Kier molecular flexibility index (Phi) is 3.08. The first-order valence-electron chi connectivity index (χ1n) is 7.29. The summed E-state index contributed by atoms with van der Waals surface area (Å²) in [6.45, 7) is 0. The summed E-state index contributed by atoms with van der Waals surface area (Å²) in [6, 6.07) is 18.9. The van der Waals surface area contributed by atoms with Crippen molar-refractivity contribution in [2.45, 2.75) is 0 Å². The number of fused-ring (bicyclic) bond motifs is 2. The van der Waals surface area contributed by atoms with Crippen LogP contribution >= 0.6 is 0 Å². The Morgan fingerprint density at radius 2 is 1.35 bits per heavy atom. The molecule has 4 nitrogen and oxygen atoms in total. The molecule has 2 aromatic carbocycles. The zero-order valence-electron chi connectivity index (χ0n) is 12.5. The first-order valence-corrected chi connectivity index (χ1v) is 7.29. The Labute approximate surface area is 133 Å². The summed E-state index contributed by atoms with van der Waals surface area (Å²) in [6.07, 6.45) is 0. The third-order valence-electron chi connectivity index (χ3n) is 3.86. The molecule has 0 atom stereocenters. The molecule has 1 N–H and O–H groups in total. The molecule has 0 unspecified atom stereocenters. The van der Waals surface area contributed by atoms with Crippen LogP contribution < -0.4 is 4.74 Å². The Morgan fingerprint density at radius 3 is 2.04 bits per heavy atom. The molecule has 23 heavy (non-hydrogen) atoms. The van der Waals surface area contributed by atoms with Gasteiger partial charge in [0, 0.05) is 10.8 Å². The molecule has 0 bridgehead atoms. The van der Waals surface area contributed by atoms with Crippen molar-refractivity contribution in [1.82, 2.24) is 9.97 Å². The molecule has 2 aromatic heterocycles. The molecule has 0 aliphatic rings. The van der Waals surface area contributed by atoms with E-state index in [9.17, 15) is 5.11 Å². The fraction of sp³-hybridized carbons (Fsp3) is 0.0526. The first-order chi connectivity index (χ1) is 11.3. The number of nitrogens with zero attached hydrogens (tertiary/aromatic N) is 2. The SMILES string of the molecule is COc1cccc2ccc(-c3ccc4cccc(O)c4n3)nc12. The van der Waals surface area contributed by atoms with E-state index in [1.807, 2.05) is 48.5 Å². The van der Waals surface area contributed by atoms with Crippen LogP contribution in [0.5, 0.6) is 11.5 Å². The maximum absolute atomic E-state index is 9.99. The van der Waals surface area contributed by atoms with E-state index in [4.69, 9.17) is 4.74 Å². The second kappa shape index (κ2) is 5.25. The zero-order chi connectivity index (χ0) is 15.8. The van der Waals surface area contributed by atoms with E-state index in [1.165, 1.54) is 0 Å². The topological polar surface area (TPSA) is 55.2 Å². The molecule has 0 fully saturated rings. The number of hydrogen-bond donors (Lipinski definition) is 1. The molecule has 2 heterocycles. The molecule has 0 radical (unpaired) electrons. The summed E-state index contributed by atoms with van der Waals surface area (Å²) < 4.78 is 5.38. The van der Waals surface area contributed by atoms with E-state index < -0.39 is 0 Å². The van der Waals surface area contributed by atoms with E-state index in [0.29, 0.717) is 11.2 Å². The minimum Gasteiger partial charge on any atom is -0.506 e. The average molecular weight is 302 g/mol. The van der Waals surface area contributed by atoms with Crippen LogP contribution in [0.15, 0.2) is 60.7 Å². The van der Waals surface area contributed by atoms with Crippen molar-refractivity contribution in [2.75, 3.05) is 7.11 Å². The highest BCUT2D eigenvalue weighted by Crippen LogP contribution is 2.29. The lowest BCUT2D eigenvalue weighted by Crippen LogP contribution is -1.92. The van der Waals surface area contributed by atoms with E-state index in [2.05, 4.69) is 9.97 Å². The van der Waals surface area contributed by atoms with Gasteiger partial charge in [0.25, 0.3) is 0 Å². The molecule has 0 saturated heterocycles. The second-order valence-electron chi connectivity index (χ2n) is 5.27. The van der Waals surface area contributed by atoms with E-state index in [0.717, 1.165) is 27.7 Å². The number of aromatic nitrogens is 2. The summed E-state index contributed by atoms with van der Waals surface area (Å²) in [4.78, 5) is 9.24. The van der Waals surface area contributed by atoms with Crippen molar-refractivity contribution in [3.63, 3.8) is 0 Å². The van der Waals surface area contributed by atoms with Crippen LogP contribution in [0.3, 0.4) is 0 Å². The second-order valence-corrected chi connectivity index (χ2v) is 5.27. The number of para-hydroxylation sites is 2. The number of hydrogen-bond acceptors (Lipinski definition) is 4. The van der Waals surface area contributed by atoms with Gasteiger partial charge in [-0.05, 0) is 24.3 Å². The third kappa shape index (κ3) is 2.25. The van der Waals surface area contributed by atoms with Crippen LogP contribution in [-0.2, 0) is 0 Å². The quantitative estimate of drug-likeness (QED) is 0.604. The smallest absolute Gasteiger partial charge is 0.145 e. The van der Waals surface area contributed by atoms with Gasteiger partial charge in [-0.1, -0.05) is 36.4 Å². The van der Waals surface area contributed by atoms with Crippen LogP contribution in [0.1, 0.15) is 0 Å². The maximum Gasteiger partial charge on any atom is 0.145 e. The molecule has 4 heteroatoms. The van der Waals surface area contributed by atoms with E-state index in [1.54, 1.807) is 19.2 Å². The van der Waals surface area contributed by atoms with Crippen molar-refractivity contribution in [3.05, 3.63) is 60.7 Å². The van der Waals surface area contributed by atoms with Crippen LogP contribution in [0.4, 0.5) is 0 Å². The molecule has 0 saturated carbocycles. The van der Waals surface area contributed by atoms with Crippen LogP contribution in [0.2, 0.25) is 0 Å². The molecule has 0 spiro atoms. The van der Waals surface area contributed by atoms with Crippen molar-refractivity contribution in [3.8, 4) is 22.9 Å². The highest BCUT2D eigenvalue weighted by molar-refractivity contribution is 5.88. The van der Waals surface area contributed by atoms with Gasteiger partial charge in [0.15, 0.2) is 0 Å². The fourth-order valence-electron chi connectivity index (χ4n) is 2.70. The molecule has 4 aromatic rings. The zero-order valence-corrected chi connectivity index (χ0v) is 12.5. The van der Waals surface area contributed by atoms with Gasteiger partial charge >= 0.3 is 0 Å². The lowest BCUT2D eigenvalue weighted by molar-refractivity contribution is 0.419. The van der Waals surface area contributed by atoms with Crippen molar-refractivity contribution in [2.24, 2.45) is 0 Å². The Hall–Kier alpha value is -3.14. The van der Waals surface area contributed by atoms with Gasteiger partial charge < -0.3 is 9.84 Å². The maximum atomic E-state index is 9.99. The van der Waals surface area contributed by atoms with Crippen LogP contribution in [0.25, 0.3) is 33.2 Å². The molecular weight excluding hydrogens is 288 g/mol. The van der Waals surface area contributed by atoms with Crippen molar-refractivity contribution < 1.29 is 9.84 Å². The predicted octanol–water partition coefficient (Wildman–Crippen LogP) is 4.16. The van der Waals surface area contributed by atoms with Crippen molar-refractivity contribution >= 4 is 21.8 Å². The van der Waals surface area contributed by atoms with Gasteiger partial charge in [-0.3, -0.25) is 0 Å². The van der Waals surface area contributed by atoms with E-state index >= 15 is 0 Å². The molecule has 4 rings (SSSR count). The number of aromatic hydroxyl groups is 1. The summed E-state index contributed by atoms with van der Waals surface area (Å²) in [5.74, 6) is 0.899. The average Bonchev–Trinajstić information content (AvgIpc) is 2.61. The minimum absolute atomic E-state index is 0.169. The molecule has 0 aliphatic carbocycles. The number of benzene rings is 2. The molecular formula is C19H14N2O2. The fourth-order valence-corrected chi connectivity index (χ4v) is 2.70. The van der Waals surface area contributed by atoms with Crippen LogP contribution in [-0.4, -0.2) is 22.2 Å². The van der Waals surface area contributed by atoms with Crippen LogP contribution in [0, 0.1) is 0 Å². The van der Waals surface area contributed by atoms with Gasteiger partial charge in [0.2, 0.25) is 0 Å². The third-order valence-corrected chi connectivity index (χ3v) is 3.86. The van der Waals surface area contributed by atoms with E-state index in [-0.39, 0.29) is 5.75 Å². The molecule has 112 valence electrons. The minimum atomic E-state index is 0.169. The Balaban J connectivity index is 1.93. The largest absolute Gasteiger partial charge is 0.506 e. The number of phenols is 1. The van der Waals surface area contributed by atoms with Gasteiger partial charge in [-0.2, -0.15) is 0 Å². The predicted molar refractivity (Wildman–Crippen MR) is 90.7 cm³/mol. The summed E-state index contributed by atoms with van der Waals surface area (Å²) >= 11 is 0. The first kappa shape index (κ1) is 13.5. The Morgan fingerprint density at radius 1 is 0.739 bits per heavy atom. The number of phenolic OH excluding ortho intramolecular Hbond substituents is 1. The van der Waals surface area contributed by atoms with Gasteiger partial charge in [-0.15, -0.1) is 0 Å². The number of methoxy groups -OCH3 is 1. The number of ether oxygens (including phenoxy) is 1. The summed E-state index contributed by atoms with van der Waals surface area (Å²) in [5, 5.41) is 11.9. The Bertz CT molecular complexity index is 1030. The lowest BCUT2D eigenvalue weighted by Gasteiger charge is -2.08. The lowest BCUT2D eigenvalue weighted by atomic mass is 10.1. The monoisotopic (exact) mass is 302 g/mol. The summed E-state index contributed by atoms with van der Waals surface area (Å²) in [7, 11) is 1.63. The van der Waals surface area contributed by atoms with Gasteiger partial charge in [-0.25, -0.2) is 9.97 Å². The normalized spacial score (nSPS) is 11.0. The standard InChI is InChI=1S/C19H14N2O2/c1-23-17-7-3-5-13-9-11-15(21-19(13)17)14-10-8-12-4-2-6-16(22)18(12)20-14/h2-11,22H,1H3. The highest BCUT2D eigenvalue weighted by Gasteiger charge is 2.08. The van der Waals surface area contributed by atoms with Gasteiger partial charge in [0.05, 0.1) is 18.5 Å². The van der Waals surface area contributed by atoms with Gasteiger partial charge in [0.1, 0.15) is 22.5 Å².